The Kier molecular flexibility index (Phi) is 5.26. The largest absolute Gasteiger partial charge is 0.454 e. The highest BCUT2D eigenvalue weighted by Crippen LogP contribution is 2.37. The lowest BCUT2D eigenvalue weighted by molar-refractivity contribution is -0.423. The summed E-state index contributed by atoms with van der Waals surface area (Å²) in [6.07, 6.45) is -8.17. The van der Waals surface area contributed by atoms with Gasteiger partial charge in [-0.2, -0.15) is 0 Å². The first kappa shape index (κ1) is 18.0. The van der Waals surface area contributed by atoms with E-state index in [-0.39, 0.29) is 0 Å². The number of para-hydroxylation sites is 1. The van der Waals surface area contributed by atoms with E-state index in [0.717, 1.165) is 18.2 Å². The number of rotatable bonds is 5. The molecule has 1 aromatic rings. The Morgan fingerprint density at radius 1 is 1.08 bits per heavy atom. The molecule has 12 nitrogen and oxygen atoms in total. The monoisotopic (exact) mass is 346 g/mol. The normalized spacial score (nSPS) is 29.9. The maximum atomic E-state index is 11.1. The fourth-order valence-electron chi connectivity index (χ4n) is 2.23. The lowest BCUT2D eigenvalue weighted by Crippen LogP contribution is -2.60. The summed E-state index contributed by atoms with van der Waals surface area (Å²) in [5, 5.41) is 60.2. The second-order valence-corrected chi connectivity index (χ2v) is 4.95. The van der Waals surface area contributed by atoms with Crippen molar-refractivity contribution in [2.75, 3.05) is 6.61 Å². The number of nitro benzene ring substituents is 2. The summed E-state index contributed by atoms with van der Waals surface area (Å²) in [6.45, 7) is -0.720. The number of ether oxygens (including phenoxy) is 2. The van der Waals surface area contributed by atoms with Crippen molar-refractivity contribution in [3.05, 3.63) is 38.4 Å². The average Bonchev–Trinajstić information content (AvgIpc) is 2.54. The van der Waals surface area contributed by atoms with Crippen LogP contribution in [0.15, 0.2) is 18.2 Å². The van der Waals surface area contributed by atoms with Crippen molar-refractivity contribution in [2.45, 2.75) is 30.7 Å². The van der Waals surface area contributed by atoms with Crippen molar-refractivity contribution < 1.29 is 39.7 Å². The minimum absolute atomic E-state index is 0.571. The summed E-state index contributed by atoms with van der Waals surface area (Å²) >= 11 is 0. The maximum Gasteiger partial charge on any atom is 0.387 e. The zero-order chi connectivity index (χ0) is 18.0. The molecule has 0 spiro atoms. The molecule has 1 aliphatic rings. The molecule has 1 saturated heterocycles. The predicted molar refractivity (Wildman–Crippen MR) is 74.1 cm³/mol. The van der Waals surface area contributed by atoms with Gasteiger partial charge in [-0.15, -0.1) is 0 Å². The molecule has 2 rings (SSSR count). The average molecular weight is 346 g/mol. The highest BCUT2D eigenvalue weighted by atomic mass is 16.7. The van der Waals surface area contributed by atoms with Gasteiger partial charge in [0, 0.05) is 6.07 Å². The van der Waals surface area contributed by atoms with Crippen LogP contribution < -0.4 is 4.74 Å². The zero-order valence-electron chi connectivity index (χ0n) is 12.0. The van der Waals surface area contributed by atoms with Crippen LogP contribution in [-0.4, -0.2) is 67.6 Å². The van der Waals surface area contributed by atoms with Gasteiger partial charge in [0.15, 0.2) is 0 Å². The Morgan fingerprint density at radius 3 is 2.29 bits per heavy atom. The summed E-state index contributed by atoms with van der Waals surface area (Å²) in [5.41, 5.74) is -1.79. The number of aliphatic hydroxyl groups excluding tert-OH is 4. The molecular weight excluding hydrogens is 332 g/mol. The molecule has 1 aliphatic heterocycles. The van der Waals surface area contributed by atoms with Gasteiger partial charge >= 0.3 is 11.4 Å². The highest BCUT2D eigenvalue weighted by Gasteiger charge is 2.45. The summed E-state index contributed by atoms with van der Waals surface area (Å²) < 4.78 is 10.1. The van der Waals surface area contributed by atoms with Crippen LogP contribution in [0.5, 0.6) is 5.75 Å². The lowest BCUT2D eigenvalue weighted by atomic mass is 9.99. The van der Waals surface area contributed by atoms with Crippen molar-refractivity contribution in [1.82, 2.24) is 0 Å². The number of nitrogens with zero attached hydrogens (tertiary/aromatic N) is 2. The molecule has 1 unspecified atom stereocenters. The van der Waals surface area contributed by atoms with Gasteiger partial charge in [-0.25, -0.2) is 0 Å². The Morgan fingerprint density at radius 2 is 1.75 bits per heavy atom. The van der Waals surface area contributed by atoms with Gasteiger partial charge in [-0.1, -0.05) is 6.07 Å². The van der Waals surface area contributed by atoms with E-state index in [1.54, 1.807) is 0 Å². The molecule has 1 fully saturated rings. The number of aliphatic hydroxyl groups is 4. The molecule has 5 atom stereocenters. The van der Waals surface area contributed by atoms with Crippen LogP contribution in [0.25, 0.3) is 0 Å². The zero-order valence-corrected chi connectivity index (χ0v) is 12.0. The fourth-order valence-corrected chi connectivity index (χ4v) is 2.23. The van der Waals surface area contributed by atoms with Gasteiger partial charge in [0.05, 0.1) is 16.5 Å². The molecule has 1 heterocycles. The van der Waals surface area contributed by atoms with Gasteiger partial charge in [0.25, 0.3) is 0 Å². The molecule has 0 aromatic heterocycles. The van der Waals surface area contributed by atoms with Crippen molar-refractivity contribution in [2.24, 2.45) is 0 Å². The Balaban J connectivity index is 2.35. The number of benzene rings is 1. The molecule has 0 aliphatic carbocycles. The molecule has 24 heavy (non-hydrogen) atoms. The summed E-state index contributed by atoms with van der Waals surface area (Å²) in [7, 11) is 0. The first-order chi connectivity index (χ1) is 11.3. The van der Waals surface area contributed by atoms with Crippen molar-refractivity contribution in [3.8, 4) is 5.75 Å². The smallest absolute Gasteiger partial charge is 0.387 e. The Labute approximate surface area is 133 Å². The second kappa shape index (κ2) is 7.02. The van der Waals surface area contributed by atoms with Crippen molar-refractivity contribution in [1.29, 1.82) is 0 Å². The Hall–Kier alpha value is -2.38. The van der Waals surface area contributed by atoms with E-state index in [0.29, 0.717) is 0 Å². The van der Waals surface area contributed by atoms with E-state index in [2.05, 4.69) is 0 Å². The molecule has 1 aromatic carbocycles. The molecule has 132 valence electrons. The van der Waals surface area contributed by atoms with Gasteiger partial charge in [0.1, 0.15) is 24.4 Å². The quantitative estimate of drug-likeness (QED) is 0.368. The number of nitro groups is 2. The van der Waals surface area contributed by atoms with Crippen molar-refractivity contribution in [3.63, 3.8) is 0 Å². The van der Waals surface area contributed by atoms with Gasteiger partial charge in [-0.3, -0.25) is 20.2 Å². The Bertz CT molecular complexity index is 636. The standard InChI is InChI=1S/C12H14N2O10/c15-4-7-9(16)10(17)11(18)12(24-7)23-6-3-1-2-5(13(19)20)8(6)14(21)22/h1-3,7,9-12,15-18H,4H2/t7-,9+,10+,11-,12?/m1/s1. The van der Waals surface area contributed by atoms with E-state index in [1.165, 1.54) is 0 Å². The minimum atomic E-state index is -1.80. The van der Waals surface area contributed by atoms with Crippen molar-refractivity contribution >= 4 is 11.4 Å². The molecule has 12 heteroatoms. The van der Waals surface area contributed by atoms with E-state index < -0.39 is 64.3 Å². The van der Waals surface area contributed by atoms with Crippen LogP contribution in [0.3, 0.4) is 0 Å². The van der Waals surface area contributed by atoms with Crippen LogP contribution in [-0.2, 0) is 4.74 Å². The second-order valence-electron chi connectivity index (χ2n) is 4.95. The van der Waals surface area contributed by atoms with Crippen LogP contribution in [0.2, 0.25) is 0 Å². The van der Waals surface area contributed by atoms with Crippen LogP contribution >= 0.6 is 0 Å². The summed E-state index contributed by atoms with van der Waals surface area (Å²) in [6, 6.07) is 3.08. The summed E-state index contributed by atoms with van der Waals surface area (Å²) in [5.74, 6) is -0.571. The topological polar surface area (TPSA) is 186 Å². The molecule has 4 N–H and O–H groups in total. The van der Waals surface area contributed by atoms with Gasteiger partial charge in [-0.05, 0) is 6.07 Å². The van der Waals surface area contributed by atoms with E-state index in [1.807, 2.05) is 0 Å². The van der Waals surface area contributed by atoms with E-state index in [9.17, 15) is 35.5 Å². The minimum Gasteiger partial charge on any atom is -0.454 e. The third-order valence-corrected chi connectivity index (χ3v) is 3.45. The fraction of sp³-hybridized carbons (Fsp3) is 0.500. The summed E-state index contributed by atoms with van der Waals surface area (Å²) in [4.78, 5) is 20.0. The molecule has 0 bridgehead atoms. The number of hydrogen-bond donors (Lipinski definition) is 4. The first-order valence-electron chi connectivity index (χ1n) is 6.67. The van der Waals surface area contributed by atoms with Gasteiger partial charge < -0.3 is 29.9 Å². The van der Waals surface area contributed by atoms with Crippen LogP contribution in [0, 0.1) is 20.2 Å². The SMILES string of the molecule is O=[N+]([O-])c1cccc(OC2O[C@H](CO)[C@H](O)[C@H](O)[C@H]2O)c1[N+](=O)[O-]. The van der Waals surface area contributed by atoms with E-state index >= 15 is 0 Å². The third kappa shape index (κ3) is 3.27. The van der Waals surface area contributed by atoms with E-state index in [4.69, 9.17) is 14.6 Å². The van der Waals surface area contributed by atoms with Crippen LogP contribution in [0.1, 0.15) is 0 Å². The highest BCUT2D eigenvalue weighted by molar-refractivity contribution is 5.61. The molecule has 0 radical (unpaired) electrons. The van der Waals surface area contributed by atoms with Gasteiger partial charge in [0.2, 0.25) is 12.0 Å². The third-order valence-electron chi connectivity index (χ3n) is 3.45. The first-order valence-corrected chi connectivity index (χ1v) is 6.67. The van der Waals surface area contributed by atoms with Crippen LogP contribution in [0.4, 0.5) is 11.4 Å². The lowest BCUT2D eigenvalue weighted by Gasteiger charge is -2.39. The molecular formula is C12H14N2O10. The molecule has 0 amide bonds. The predicted octanol–water partition coefficient (Wildman–Crippen LogP) is -1.32. The molecule has 0 saturated carbocycles. The number of hydrogen-bond acceptors (Lipinski definition) is 10. The maximum absolute atomic E-state index is 11.1.